The molecular formula is HMo2O2P. The summed E-state index contributed by atoms with van der Waals surface area (Å²) in [6, 6.07) is 0. The van der Waals surface area contributed by atoms with Gasteiger partial charge >= 0.3 is 8.34 Å². The summed E-state index contributed by atoms with van der Waals surface area (Å²) in [5, 5.41) is 0. The zero-order valence-corrected chi connectivity index (χ0v) is 7.15. The third-order valence-corrected chi connectivity index (χ3v) is 0. The zero-order valence-electron chi connectivity index (χ0n) is 2.13. The van der Waals surface area contributed by atoms with E-state index in [1.807, 2.05) is 0 Å². The van der Waals surface area contributed by atoms with Gasteiger partial charge in [0.25, 0.3) is 0 Å². The van der Waals surface area contributed by atoms with Gasteiger partial charge in [-0.1, -0.05) is 0 Å². The molecule has 0 heterocycles. The molecule has 0 aromatic heterocycles. The summed E-state index contributed by atoms with van der Waals surface area (Å²) < 4.78 is 16.8. The Morgan fingerprint density at radius 3 is 1.00 bits per heavy atom. The molecule has 0 amide bonds. The molecule has 0 saturated carbocycles. The van der Waals surface area contributed by atoms with E-state index in [1.54, 1.807) is 0 Å². The van der Waals surface area contributed by atoms with Crippen LogP contribution in [0.25, 0.3) is 0 Å². The zero-order chi connectivity index (χ0) is 2.71. The molecule has 0 aliphatic rings. The van der Waals surface area contributed by atoms with E-state index in [1.165, 1.54) is 0 Å². The maximum Gasteiger partial charge on any atom is 0.303 e. The Morgan fingerprint density at radius 1 is 1.00 bits per heavy atom. The van der Waals surface area contributed by atoms with Crippen molar-refractivity contribution in [3.8, 4) is 0 Å². The second-order valence-electron chi connectivity index (χ2n) is 0.0833. The summed E-state index contributed by atoms with van der Waals surface area (Å²) in [6.45, 7) is 0. The van der Waals surface area contributed by atoms with Gasteiger partial charge in [-0.25, -0.2) is 9.13 Å². The van der Waals surface area contributed by atoms with E-state index in [0.717, 1.165) is 0 Å². The quantitative estimate of drug-likeness (QED) is 0.463. The molecule has 0 aliphatic heterocycles. The van der Waals surface area contributed by atoms with Crippen molar-refractivity contribution in [1.29, 1.82) is 0 Å². The van der Waals surface area contributed by atoms with Gasteiger partial charge in [0.1, 0.15) is 0 Å². The van der Waals surface area contributed by atoms with E-state index in [-0.39, 0.29) is 42.1 Å². The molecule has 0 aliphatic carbocycles. The Labute approximate surface area is 59.5 Å². The number of hydrogen-bond donors (Lipinski definition) is 0. The number of hydrogen-bond acceptors (Lipinski definition) is 2. The molecule has 0 rings (SSSR count). The summed E-state index contributed by atoms with van der Waals surface area (Å²) in [6.07, 6.45) is 0. The monoisotopic (exact) mass is 260 g/mol. The molecule has 0 N–H and O–H groups in total. The first-order chi connectivity index (χ1) is 1.41. The van der Waals surface area contributed by atoms with Crippen molar-refractivity contribution in [2.45, 2.75) is 0 Å². The molecule has 0 unspecified atom stereocenters. The van der Waals surface area contributed by atoms with Gasteiger partial charge in [0.15, 0.2) is 0 Å². The molecule has 0 aromatic rings. The van der Waals surface area contributed by atoms with Gasteiger partial charge in [-0.3, -0.25) is 0 Å². The fourth-order valence-corrected chi connectivity index (χ4v) is 0. The summed E-state index contributed by atoms with van der Waals surface area (Å²) in [7, 11) is -1.42. The van der Waals surface area contributed by atoms with Crippen LogP contribution in [0.1, 0.15) is 0 Å². The fraction of sp³-hybridized carbons (Fsp3) is 0. The molecule has 0 fully saturated rings. The van der Waals surface area contributed by atoms with Crippen molar-refractivity contribution in [2.75, 3.05) is 0 Å². The average molecular weight is 256 g/mol. The SMILES string of the molecule is O=[PH]=O.[Mo].[Mo]. The second-order valence-corrected chi connectivity index (χ2v) is 0.250. The minimum Gasteiger partial charge on any atom is -0.241 e. The smallest absolute Gasteiger partial charge is 0.241 e. The van der Waals surface area contributed by atoms with Crippen LogP contribution in [0.2, 0.25) is 0 Å². The van der Waals surface area contributed by atoms with Crippen LogP contribution < -0.4 is 0 Å². The maximum absolute atomic E-state index is 8.40. The van der Waals surface area contributed by atoms with Crippen LogP contribution in [0, 0.1) is 0 Å². The summed E-state index contributed by atoms with van der Waals surface area (Å²) in [4.78, 5) is 0. The van der Waals surface area contributed by atoms with Crippen molar-refractivity contribution >= 4 is 8.34 Å². The van der Waals surface area contributed by atoms with E-state index in [4.69, 9.17) is 9.13 Å². The Kier molecular flexibility index (Phi) is 60.6. The third-order valence-electron chi connectivity index (χ3n) is 0. The van der Waals surface area contributed by atoms with Crippen LogP contribution in [0.5, 0.6) is 0 Å². The van der Waals surface area contributed by atoms with Crippen LogP contribution in [-0.4, -0.2) is 0 Å². The summed E-state index contributed by atoms with van der Waals surface area (Å²) >= 11 is 0. The van der Waals surface area contributed by atoms with Gasteiger partial charge in [-0.15, -0.1) is 0 Å². The maximum atomic E-state index is 8.40. The normalized spacial score (nSPS) is 2.40. The van der Waals surface area contributed by atoms with Crippen LogP contribution >= 0.6 is 8.34 Å². The minimum absolute atomic E-state index is 0. The van der Waals surface area contributed by atoms with Crippen LogP contribution in [0.3, 0.4) is 0 Å². The van der Waals surface area contributed by atoms with Crippen molar-refractivity contribution < 1.29 is 51.3 Å². The van der Waals surface area contributed by atoms with Crippen molar-refractivity contribution in [1.82, 2.24) is 0 Å². The molecule has 30 valence electrons. The van der Waals surface area contributed by atoms with Crippen molar-refractivity contribution in [3.05, 3.63) is 0 Å². The second kappa shape index (κ2) is 18.6. The summed E-state index contributed by atoms with van der Waals surface area (Å²) in [5.41, 5.74) is 0. The molecule has 0 spiro atoms. The molecule has 0 radical (unpaired) electrons. The van der Waals surface area contributed by atoms with Gasteiger partial charge in [-0.05, 0) is 0 Å². The molecule has 0 bridgehead atoms. The Morgan fingerprint density at radius 2 is 1.00 bits per heavy atom. The Balaban J connectivity index is -0.0000000200. The number of rotatable bonds is 0. The van der Waals surface area contributed by atoms with Gasteiger partial charge in [0, 0.05) is 42.1 Å². The van der Waals surface area contributed by atoms with Gasteiger partial charge in [0.05, 0.1) is 0 Å². The predicted octanol–water partition coefficient (Wildman–Crippen LogP) is 0.351. The molecule has 0 atom stereocenters. The Bertz CT molecular complexity index is 28.6. The molecule has 5 heteroatoms. The van der Waals surface area contributed by atoms with Crippen LogP contribution in [0.15, 0.2) is 0 Å². The first-order valence-corrected chi connectivity index (χ1v) is 1.22. The molecule has 2 nitrogen and oxygen atoms in total. The van der Waals surface area contributed by atoms with E-state index < -0.39 is 8.34 Å². The molecule has 0 aromatic carbocycles. The van der Waals surface area contributed by atoms with E-state index >= 15 is 0 Å². The van der Waals surface area contributed by atoms with Gasteiger partial charge < -0.3 is 0 Å². The van der Waals surface area contributed by atoms with Crippen LogP contribution in [0.4, 0.5) is 0 Å². The Hall–Kier alpha value is 1.28. The fourth-order valence-electron chi connectivity index (χ4n) is 0. The van der Waals surface area contributed by atoms with Crippen molar-refractivity contribution in [2.24, 2.45) is 0 Å². The average Bonchev–Trinajstić information content (AvgIpc) is 0.918. The third kappa shape index (κ3) is 34.8. The molecule has 0 saturated heterocycles. The van der Waals surface area contributed by atoms with E-state index in [2.05, 4.69) is 0 Å². The van der Waals surface area contributed by atoms with Crippen molar-refractivity contribution in [3.63, 3.8) is 0 Å². The van der Waals surface area contributed by atoms with Gasteiger partial charge in [-0.2, -0.15) is 0 Å². The van der Waals surface area contributed by atoms with Gasteiger partial charge in [0.2, 0.25) is 0 Å². The first kappa shape index (κ1) is 16.3. The van der Waals surface area contributed by atoms with E-state index in [9.17, 15) is 0 Å². The predicted molar refractivity (Wildman–Crippen MR) is 9.69 cm³/mol. The largest absolute Gasteiger partial charge is 0.303 e. The van der Waals surface area contributed by atoms with Crippen LogP contribution in [-0.2, 0) is 51.3 Å². The topological polar surface area (TPSA) is 34.1 Å². The standard InChI is InChI=1S/2Mo.HO2P/c;;1-3-2/h;;3H. The minimum atomic E-state index is -1.42. The summed E-state index contributed by atoms with van der Waals surface area (Å²) in [5.74, 6) is 0. The molecular weight excluding hydrogens is 255 g/mol. The first-order valence-electron chi connectivity index (χ1n) is 0.408. The molecule has 5 heavy (non-hydrogen) atoms. The van der Waals surface area contributed by atoms with E-state index in [0.29, 0.717) is 0 Å².